The zero-order valence-electron chi connectivity index (χ0n) is 11.5. The number of carboxylic acids is 1. The van der Waals surface area contributed by atoms with E-state index in [-0.39, 0.29) is 12.5 Å². The molecule has 108 valence electrons. The minimum atomic E-state index is -0.887. The van der Waals surface area contributed by atoms with Gasteiger partial charge in [0.25, 0.3) is 0 Å². The van der Waals surface area contributed by atoms with Crippen LogP contribution in [0, 0.1) is 0 Å². The molecule has 0 saturated carbocycles. The van der Waals surface area contributed by atoms with E-state index in [1.54, 1.807) is 23.1 Å². The molecule has 0 radical (unpaired) electrons. The van der Waals surface area contributed by atoms with Gasteiger partial charge >= 0.3 is 5.97 Å². The zero-order chi connectivity index (χ0) is 14.5. The first kappa shape index (κ1) is 14.5. The Bertz CT molecular complexity index is 500. The van der Waals surface area contributed by atoms with Gasteiger partial charge in [0.2, 0.25) is 5.91 Å². The van der Waals surface area contributed by atoms with Gasteiger partial charge in [-0.1, -0.05) is 18.2 Å². The highest BCUT2D eigenvalue weighted by molar-refractivity contribution is 5.98. The average molecular weight is 277 g/mol. The van der Waals surface area contributed by atoms with E-state index in [0.717, 1.165) is 11.3 Å². The summed E-state index contributed by atoms with van der Waals surface area (Å²) in [5.74, 6) is -1.55. The lowest BCUT2D eigenvalue weighted by Crippen LogP contribution is -2.31. The molecule has 1 unspecified atom stereocenters. The van der Waals surface area contributed by atoms with Crippen molar-refractivity contribution in [3.63, 3.8) is 0 Å². The maximum atomic E-state index is 12.2. The molecule has 0 bridgehead atoms. The summed E-state index contributed by atoms with van der Waals surface area (Å²) in [6, 6.07) is 7.21. The summed E-state index contributed by atoms with van der Waals surface area (Å²) in [7, 11) is 0. The molecule has 2 rings (SSSR count). The van der Waals surface area contributed by atoms with E-state index in [2.05, 4.69) is 0 Å². The number of hydrogen-bond acceptors (Lipinski definition) is 3. The molecular formula is C15H19NO4. The van der Waals surface area contributed by atoms with Crippen LogP contribution >= 0.6 is 0 Å². The Morgan fingerprint density at radius 3 is 2.85 bits per heavy atom. The third-order valence-electron chi connectivity index (χ3n) is 3.45. The fourth-order valence-corrected chi connectivity index (χ4v) is 2.46. The molecule has 0 spiro atoms. The molecule has 1 heterocycles. The lowest BCUT2D eigenvalue weighted by atomic mass is 10.0. The maximum Gasteiger partial charge on any atom is 0.312 e. The number of anilines is 1. The van der Waals surface area contributed by atoms with Crippen LogP contribution < -0.4 is 4.90 Å². The molecule has 5 heteroatoms. The second-order valence-corrected chi connectivity index (χ2v) is 4.75. The van der Waals surface area contributed by atoms with Gasteiger partial charge in [0.15, 0.2) is 0 Å². The highest BCUT2D eigenvalue weighted by Gasteiger charge is 2.35. The second kappa shape index (κ2) is 6.52. The number of ether oxygens (including phenoxy) is 1. The lowest BCUT2D eigenvalue weighted by Gasteiger charge is -2.17. The molecular weight excluding hydrogens is 258 g/mol. The molecule has 1 aliphatic heterocycles. The maximum absolute atomic E-state index is 12.2. The number of nitrogens with zero attached hydrogens (tertiary/aromatic N) is 1. The summed E-state index contributed by atoms with van der Waals surface area (Å²) in [5.41, 5.74) is 1.44. The van der Waals surface area contributed by atoms with E-state index in [9.17, 15) is 14.7 Å². The van der Waals surface area contributed by atoms with Crippen LogP contribution in [0.3, 0.4) is 0 Å². The number of fused-ring (bicyclic) bond motifs is 1. The van der Waals surface area contributed by atoms with E-state index in [1.165, 1.54) is 0 Å². The molecule has 1 N–H and O–H groups in total. The van der Waals surface area contributed by atoms with Crippen LogP contribution in [0.4, 0.5) is 5.69 Å². The first-order valence-electron chi connectivity index (χ1n) is 6.85. The van der Waals surface area contributed by atoms with E-state index >= 15 is 0 Å². The van der Waals surface area contributed by atoms with Gasteiger partial charge < -0.3 is 14.7 Å². The third-order valence-corrected chi connectivity index (χ3v) is 3.45. The second-order valence-electron chi connectivity index (χ2n) is 4.75. The van der Waals surface area contributed by atoms with Gasteiger partial charge in [0, 0.05) is 31.9 Å². The summed E-state index contributed by atoms with van der Waals surface area (Å²) in [5, 5.41) is 9.25. The number of amides is 1. The van der Waals surface area contributed by atoms with Crippen molar-refractivity contribution in [1.82, 2.24) is 0 Å². The van der Waals surface area contributed by atoms with Gasteiger partial charge in [0.05, 0.1) is 0 Å². The van der Waals surface area contributed by atoms with Gasteiger partial charge in [-0.25, -0.2) is 0 Å². The van der Waals surface area contributed by atoms with Crippen LogP contribution in [0.25, 0.3) is 0 Å². The van der Waals surface area contributed by atoms with Crippen molar-refractivity contribution in [3.05, 3.63) is 29.8 Å². The molecule has 0 aliphatic carbocycles. The van der Waals surface area contributed by atoms with Gasteiger partial charge in [0.1, 0.15) is 5.92 Å². The van der Waals surface area contributed by atoms with E-state index in [1.807, 2.05) is 13.0 Å². The number of benzene rings is 1. The Kier molecular flexibility index (Phi) is 4.74. The topological polar surface area (TPSA) is 66.8 Å². The minimum Gasteiger partial charge on any atom is -0.481 e. The molecule has 1 aromatic rings. The first-order valence-corrected chi connectivity index (χ1v) is 6.85. The number of hydrogen-bond donors (Lipinski definition) is 1. The Morgan fingerprint density at radius 1 is 1.40 bits per heavy atom. The zero-order valence-corrected chi connectivity index (χ0v) is 11.5. The number of aliphatic carboxylic acids is 1. The fourth-order valence-electron chi connectivity index (χ4n) is 2.46. The molecule has 5 nitrogen and oxygen atoms in total. The summed E-state index contributed by atoms with van der Waals surface area (Å²) < 4.78 is 5.21. The van der Waals surface area contributed by atoms with Crippen molar-refractivity contribution in [1.29, 1.82) is 0 Å². The number of carbonyl (C=O) groups excluding carboxylic acids is 1. The van der Waals surface area contributed by atoms with E-state index in [4.69, 9.17) is 4.74 Å². The number of rotatable bonds is 6. The molecule has 0 fully saturated rings. The predicted octanol–water partition coefficient (Wildman–Crippen LogP) is 2.02. The summed E-state index contributed by atoms with van der Waals surface area (Å²) in [6.45, 7) is 3.33. The first-order chi connectivity index (χ1) is 9.65. The monoisotopic (exact) mass is 277 g/mol. The SMILES string of the molecule is CCOCCCC(=O)N1CC(C(=O)O)c2ccccc21. The van der Waals surface area contributed by atoms with Gasteiger partial charge in [-0.05, 0) is 25.0 Å². The van der Waals surface area contributed by atoms with Crippen LogP contribution in [0.5, 0.6) is 0 Å². The molecule has 0 aromatic heterocycles. The molecule has 1 amide bonds. The Labute approximate surface area is 118 Å². The van der Waals surface area contributed by atoms with Crippen LogP contribution in [-0.2, 0) is 14.3 Å². The molecule has 1 atom stereocenters. The van der Waals surface area contributed by atoms with Crippen LogP contribution in [-0.4, -0.2) is 36.7 Å². The van der Waals surface area contributed by atoms with Crippen molar-refractivity contribution < 1.29 is 19.4 Å². The summed E-state index contributed by atoms with van der Waals surface area (Å²) >= 11 is 0. The van der Waals surface area contributed by atoms with Crippen molar-refractivity contribution in [3.8, 4) is 0 Å². The number of carbonyl (C=O) groups is 2. The largest absolute Gasteiger partial charge is 0.481 e. The van der Waals surface area contributed by atoms with Crippen molar-refractivity contribution in [2.24, 2.45) is 0 Å². The van der Waals surface area contributed by atoms with Crippen molar-refractivity contribution in [2.45, 2.75) is 25.7 Å². The quantitative estimate of drug-likeness (QED) is 0.808. The standard InChI is InChI=1S/C15H19NO4/c1-2-20-9-5-8-14(17)16-10-12(15(18)19)11-6-3-4-7-13(11)16/h3-4,6-7,12H,2,5,8-10H2,1H3,(H,18,19). The highest BCUT2D eigenvalue weighted by atomic mass is 16.5. The van der Waals surface area contributed by atoms with E-state index in [0.29, 0.717) is 26.1 Å². The normalized spacial score (nSPS) is 17.1. The van der Waals surface area contributed by atoms with Gasteiger partial charge in [-0.3, -0.25) is 9.59 Å². The highest BCUT2D eigenvalue weighted by Crippen LogP contribution is 2.36. The Morgan fingerprint density at radius 2 is 2.15 bits per heavy atom. The predicted molar refractivity (Wildman–Crippen MR) is 74.9 cm³/mol. The molecule has 0 saturated heterocycles. The van der Waals surface area contributed by atoms with Crippen molar-refractivity contribution in [2.75, 3.05) is 24.7 Å². The smallest absolute Gasteiger partial charge is 0.312 e. The number of carboxylic acid groups (broad SMARTS) is 1. The summed E-state index contributed by atoms with van der Waals surface area (Å²) in [6.07, 6.45) is 1.03. The van der Waals surface area contributed by atoms with Gasteiger partial charge in [-0.15, -0.1) is 0 Å². The van der Waals surface area contributed by atoms with Crippen molar-refractivity contribution >= 4 is 17.6 Å². The fraction of sp³-hybridized carbons (Fsp3) is 0.467. The number of para-hydroxylation sites is 1. The molecule has 1 aliphatic rings. The minimum absolute atomic E-state index is 0.0408. The Balaban J connectivity index is 2.06. The van der Waals surface area contributed by atoms with Gasteiger partial charge in [-0.2, -0.15) is 0 Å². The van der Waals surface area contributed by atoms with Crippen LogP contribution in [0.2, 0.25) is 0 Å². The van der Waals surface area contributed by atoms with Crippen LogP contribution in [0.15, 0.2) is 24.3 Å². The average Bonchev–Trinajstić information content (AvgIpc) is 2.83. The van der Waals surface area contributed by atoms with Crippen LogP contribution in [0.1, 0.15) is 31.2 Å². The lowest BCUT2D eigenvalue weighted by molar-refractivity contribution is -0.138. The third kappa shape index (κ3) is 2.99. The molecule has 1 aromatic carbocycles. The Hall–Kier alpha value is -1.88. The van der Waals surface area contributed by atoms with E-state index < -0.39 is 11.9 Å². The summed E-state index contributed by atoms with van der Waals surface area (Å²) in [4.78, 5) is 25.1. The molecule has 20 heavy (non-hydrogen) atoms.